The van der Waals surface area contributed by atoms with Crippen LogP contribution in [0.2, 0.25) is 0 Å². The minimum Gasteiger partial charge on any atom is -0.314 e. The van der Waals surface area contributed by atoms with Crippen molar-refractivity contribution in [3.63, 3.8) is 0 Å². The molecule has 96 valence electrons. The highest BCUT2D eigenvalue weighted by Crippen LogP contribution is 2.17. The third-order valence-electron chi connectivity index (χ3n) is 3.29. The lowest BCUT2D eigenvalue weighted by molar-refractivity contribution is 0.354. The fourth-order valence-corrected chi connectivity index (χ4v) is 1.82. The van der Waals surface area contributed by atoms with Gasteiger partial charge in [-0.3, -0.25) is 0 Å². The van der Waals surface area contributed by atoms with E-state index >= 15 is 0 Å². The summed E-state index contributed by atoms with van der Waals surface area (Å²) in [5.74, 6) is 1.07. The molecule has 1 rings (SSSR count). The summed E-state index contributed by atoms with van der Waals surface area (Å²) in [7, 11) is 0. The molecular weight excluding hydrogens is 213 g/mol. The predicted octanol–water partition coefficient (Wildman–Crippen LogP) is 3.64. The first kappa shape index (κ1) is 14.2. The Labute approximate surface area is 104 Å². The normalized spacial score (nSPS) is 14.9. The Hall–Kier alpha value is -0.890. The summed E-state index contributed by atoms with van der Waals surface area (Å²) < 4.78 is 12.8. The van der Waals surface area contributed by atoms with Crippen LogP contribution in [0.15, 0.2) is 24.3 Å². The summed E-state index contributed by atoms with van der Waals surface area (Å²) in [5, 5.41) is 3.46. The molecule has 0 aliphatic heterocycles. The molecule has 0 aliphatic carbocycles. The van der Waals surface area contributed by atoms with Crippen molar-refractivity contribution in [2.75, 3.05) is 6.54 Å². The molecule has 0 saturated carbocycles. The fraction of sp³-hybridized carbons (Fsp3) is 0.600. The van der Waals surface area contributed by atoms with Crippen LogP contribution in [0.3, 0.4) is 0 Å². The van der Waals surface area contributed by atoms with Crippen LogP contribution in [-0.2, 0) is 6.42 Å². The number of hydrogen-bond acceptors (Lipinski definition) is 1. The van der Waals surface area contributed by atoms with Gasteiger partial charge < -0.3 is 5.32 Å². The molecule has 17 heavy (non-hydrogen) atoms. The standard InChI is InChI=1S/C15H24FN/c1-11(2)17-10-13(4)12(3)9-14-5-7-15(16)8-6-14/h5-8,11-13,17H,9-10H2,1-4H3. The Morgan fingerprint density at radius 2 is 1.59 bits per heavy atom. The largest absolute Gasteiger partial charge is 0.314 e. The van der Waals surface area contributed by atoms with Gasteiger partial charge in [0.1, 0.15) is 5.82 Å². The van der Waals surface area contributed by atoms with Crippen LogP contribution in [0.1, 0.15) is 33.3 Å². The molecule has 0 radical (unpaired) electrons. The van der Waals surface area contributed by atoms with E-state index in [0.717, 1.165) is 13.0 Å². The summed E-state index contributed by atoms with van der Waals surface area (Å²) in [5.41, 5.74) is 1.22. The fourth-order valence-electron chi connectivity index (χ4n) is 1.82. The lowest BCUT2D eigenvalue weighted by Gasteiger charge is -2.21. The molecule has 0 fully saturated rings. The van der Waals surface area contributed by atoms with E-state index in [1.807, 2.05) is 12.1 Å². The van der Waals surface area contributed by atoms with Crippen LogP contribution in [0.5, 0.6) is 0 Å². The molecule has 0 spiro atoms. The van der Waals surface area contributed by atoms with Gasteiger partial charge in [-0.2, -0.15) is 0 Å². The topological polar surface area (TPSA) is 12.0 Å². The van der Waals surface area contributed by atoms with Crippen molar-refractivity contribution >= 4 is 0 Å². The zero-order valence-corrected chi connectivity index (χ0v) is 11.3. The smallest absolute Gasteiger partial charge is 0.123 e. The quantitative estimate of drug-likeness (QED) is 0.796. The molecule has 1 aromatic carbocycles. The van der Waals surface area contributed by atoms with E-state index in [-0.39, 0.29) is 5.82 Å². The van der Waals surface area contributed by atoms with Gasteiger partial charge in [0.25, 0.3) is 0 Å². The predicted molar refractivity (Wildman–Crippen MR) is 71.6 cm³/mol. The monoisotopic (exact) mass is 237 g/mol. The maximum absolute atomic E-state index is 12.8. The van der Waals surface area contributed by atoms with E-state index in [4.69, 9.17) is 0 Å². The zero-order chi connectivity index (χ0) is 12.8. The van der Waals surface area contributed by atoms with E-state index in [9.17, 15) is 4.39 Å². The summed E-state index contributed by atoms with van der Waals surface area (Å²) in [4.78, 5) is 0. The number of nitrogens with one attached hydrogen (secondary N) is 1. The average Bonchev–Trinajstić information content (AvgIpc) is 2.28. The summed E-state index contributed by atoms with van der Waals surface area (Å²) in [6, 6.07) is 7.39. The Morgan fingerprint density at radius 3 is 2.12 bits per heavy atom. The highest BCUT2D eigenvalue weighted by Gasteiger charge is 2.13. The highest BCUT2D eigenvalue weighted by molar-refractivity contribution is 5.16. The molecule has 2 heteroatoms. The number of rotatable bonds is 6. The lowest BCUT2D eigenvalue weighted by atomic mass is 9.89. The molecule has 1 nitrogen and oxygen atoms in total. The first-order valence-corrected chi connectivity index (χ1v) is 6.47. The second kappa shape index (κ2) is 6.75. The Balaban J connectivity index is 2.42. The van der Waals surface area contributed by atoms with Gasteiger partial charge in [-0.15, -0.1) is 0 Å². The molecule has 2 atom stereocenters. The van der Waals surface area contributed by atoms with Crippen molar-refractivity contribution in [1.29, 1.82) is 0 Å². The second-order valence-corrected chi connectivity index (χ2v) is 5.35. The summed E-state index contributed by atoms with van der Waals surface area (Å²) in [6.45, 7) is 9.90. The third-order valence-corrected chi connectivity index (χ3v) is 3.29. The third kappa shape index (κ3) is 5.31. The second-order valence-electron chi connectivity index (χ2n) is 5.35. The number of benzene rings is 1. The maximum atomic E-state index is 12.8. The molecule has 0 aliphatic rings. The zero-order valence-electron chi connectivity index (χ0n) is 11.3. The average molecular weight is 237 g/mol. The van der Waals surface area contributed by atoms with Gasteiger partial charge in [0.05, 0.1) is 0 Å². The Kier molecular flexibility index (Phi) is 5.63. The van der Waals surface area contributed by atoms with E-state index in [1.54, 1.807) is 12.1 Å². The van der Waals surface area contributed by atoms with E-state index in [0.29, 0.717) is 17.9 Å². The van der Waals surface area contributed by atoms with Crippen molar-refractivity contribution < 1.29 is 4.39 Å². The Morgan fingerprint density at radius 1 is 1.00 bits per heavy atom. The van der Waals surface area contributed by atoms with Crippen LogP contribution in [0, 0.1) is 17.7 Å². The van der Waals surface area contributed by atoms with Crippen LogP contribution in [-0.4, -0.2) is 12.6 Å². The van der Waals surface area contributed by atoms with E-state index in [2.05, 4.69) is 33.0 Å². The maximum Gasteiger partial charge on any atom is 0.123 e. The first-order chi connectivity index (χ1) is 7.99. The molecule has 1 aromatic rings. The van der Waals surface area contributed by atoms with Gasteiger partial charge in [0, 0.05) is 6.04 Å². The van der Waals surface area contributed by atoms with E-state index < -0.39 is 0 Å². The molecule has 0 bridgehead atoms. The van der Waals surface area contributed by atoms with Crippen LogP contribution in [0.25, 0.3) is 0 Å². The SMILES string of the molecule is CC(C)NCC(C)C(C)Cc1ccc(F)cc1. The molecule has 0 amide bonds. The minimum absolute atomic E-state index is 0.157. The number of hydrogen-bond donors (Lipinski definition) is 1. The highest BCUT2D eigenvalue weighted by atomic mass is 19.1. The van der Waals surface area contributed by atoms with Gasteiger partial charge in [0.15, 0.2) is 0 Å². The van der Waals surface area contributed by atoms with Crippen LogP contribution < -0.4 is 5.32 Å². The molecule has 0 saturated heterocycles. The van der Waals surface area contributed by atoms with Crippen molar-refractivity contribution in [3.8, 4) is 0 Å². The van der Waals surface area contributed by atoms with Gasteiger partial charge in [-0.25, -0.2) is 4.39 Å². The summed E-state index contributed by atoms with van der Waals surface area (Å²) in [6.07, 6.45) is 1.02. The van der Waals surface area contributed by atoms with Gasteiger partial charge in [-0.1, -0.05) is 39.8 Å². The van der Waals surface area contributed by atoms with Crippen LogP contribution >= 0.6 is 0 Å². The van der Waals surface area contributed by atoms with Gasteiger partial charge in [-0.05, 0) is 42.5 Å². The molecule has 2 unspecified atom stereocenters. The molecule has 0 aromatic heterocycles. The molecular formula is C15H24FN. The van der Waals surface area contributed by atoms with Gasteiger partial charge in [0.2, 0.25) is 0 Å². The Bertz CT molecular complexity index is 318. The molecule has 0 heterocycles. The van der Waals surface area contributed by atoms with Crippen molar-refractivity contribution in [2.45, 2.75) is 40.2 Å². The van der Waals surface area contributed by atoms with Gasteiger partial charge >= 0.3 is 0 Å². The minimum atomic E-state index is -0.157. The number of halogens is 1. The lowest BCUT2D eigenvalue weighted by Crippen LogP contribution is -2.31. The van der Waals surface area contributed by atoms with Crippen molar-refractivity contribution in [1.82, 2.24) is 5.32 Å². The summed E-state index contributed by atoms with van der Waals surface area (Å²) >= 11 is 0. The first-order valence-electron chi connectivity index (χ1n) is 6.47. The van der Waals surface area contributed by atoms with E-state index in [1.165, 1.54) is 5.56 Å². The van der Waals surface area contributed by atoms with Crippen molar-refractivity contribution in [2.24, 2.45) is 11.8 Å². The van der Waals surface area contributed by atoms with Crippen LogP contribution in [0.4, 0.5) is 4.39 Å². The van der Waals surface area contributed by atoms with Crippen molar-refractivity contribution in [3.05, 3.63) is 35.6 Å². The molecule has 1 N–H and O–H groups in total.